The molecule has 1 aromatic heterocycles. The lowest BCUT2D eigenvalue weighted by Crippen LogP contribution is -1.99. The summed E-state index contributed by atoms with van der Waals surface area (Å²) in [4.78, 5) is 7.94. The number of aromatic nitrogens is 2. The molecule has 0 bridgehead atoms. The molecule has 12 heavy (non-hydrogen) atoms. The number of aliphatic hydroxyl groups excluding tert-OH is 1. The van der Waals surface area contributed by atoms with Crippen LogP contribution in [0.15, 0.2) is 17.6 Å². The third-order valence-corrected chi connectivity index (χ3v) is 2.37. The van der Waals surface area contributed by atoms with Crippen LogP contribution in [0.4, 0.5) is 0 Å². The second-order valence-corrected chi connectivity index (χ2v) is 3.21. The summed E-state index contributed by atoms with van der Waals surface area (Å²) in [5.41, 5.74) is 0.826. The molecule has 1 rings (SSSR count). The Morgan fingerprint density at radius 3 is 3.00 bits per heavy atom. The summed E-state index contributed by atoms with van der Waals surface area (Å²) in [6.07, 6.45) is 5.37. The van der Waals surface area contributed by atoms with E-state index in [0.717, 1.165) is 10.6 Å². The van der Waals surface area contributed by atoms with Gasteiger partial charge >= 0.3 is 0 Å². The van der Waals surface area contributed by atoms with Gasteiger partial charge in [-0.2, -0.15) is 0 Å². The highest BCUT2D eigenvalue weighted by Crippen LogP contribution is 2.24. The molecule has 0 saturated heterocycles. The highest BCUT2D eigenvalue weighted by molar-refractivity contribution is 7.98. The van der Waals surface area contributed by atoms with Gasteiger partial charge in [-0.3, -0.25) is 0 Å². The van der Waals surface area contributed by atoms with Crippen molar-refractivity contribution < 1.29 is 5.11 Å². The summed E-state index contributed by atoms with van der Waals surface area (Å²) in [6.45, 7) is 1.93. The summed E-state index contributed by atoms with van der Waals surface area (Å²) >= 11 is 1.53. The van der Waals surface area contributed by atoms with Gasteiger partial charge in [-0.25, -0.2) is 9.97 Å². The minimum absolute atomic E-state index is 0.436. The minimum Gasteiger partial charge on any atom is -0.388 e. The molecule has 0 amide bonds. The van der Waals surface area contributed by atoms with Crippen molar-refractivity contribution in [1.82, 2.24) is 9.97 Å². The van der Waals surface area contributed by atoms with Crippen LogP contribution in [0, 0.1) is 0 Å². The fourth-order valence-electron chi connectivity index (χ4n) is 0.948. The summed E-state index contributed by atoms with van der Waals surface area (Å²) in [5, 5.41) is 10.4. The van der Waals surface area contributed by atoms with E-state index in [1.807, 2.05) is 13.2 Å². The van der Waals surface area contributed by atoms with Gasteiger partial charge in [-0.1, -0.05) is 6.92 Å². The first-order valence-electron chi connectivity index (χ1n) is 3.81. The quantitative estimate of drug-likeness (QED) is 0.573. The maximum absolute atomic E-state index is 9.55. The molecular formula is C8H12N2OS. The first-order valence-corrected chi connectivity index (χ1v) is 5.04. The van der Waals surface area contributed by atoms with Crippen molar-refractivity contribution in [2.24, 2.45) is 0 Å². The van der Waals surface area contributed by atoms with Crippen LogP contribution in [0.25, 0.3) is 0 Å². The highest BCUT2D eigenvalue weighted by atomic mass is 32.2. The Morgan fingerprint density at radius 2 is 2.42 bits per heavy atom. The van der Waals surface area contributed by atoms with Crippen molar-refractivity contribution in [2.45, 2.75) is 24.5 Å². The zero-order chi connectivity index (χ0) is 8.97. The molecule has 0 radical (unpaired) electrons. The Bertz CT molecular complexity index is 255. The Balaban J connectivity index is 2.96. The average Bonchev–Trinajstić information content (AvgIpc) is 2.16. The van der Waals surface area contributed by atoms with E-state index in [1.165, 1.54) is 18.1 Å². The number of hydrogen-bond donors (Lipinski definition) is 1. The molecule has 1 heterocycles. The van der Waals surface area contributed by atoms with E-state index in [2.05, 4.69) is 9.97 Å². The van der Waals surface area contributed by atoms with E-state index in [1.54, 1.807) is 6.20 Å². The predicted octanol–water partition coefficient (Wildman–Crippen LogP) is 1.64. The molecule has 1 atom stereocenters. The molecule has 0 aliphatic heterocycles. The molecular weight excluding hydrogens is 172 g/mol. The van der Waals surface area contributed by atoms with Crippen molar-refractivity contribution in [3.05, 3.63) is 18.1 Å². The highest BCUT2D eigenvalue weighted by Gasteiger charge is 2.10. The topological polar surface area (TPSA) is 46.0 Å². The number of hydrogen-bond acceptors (Lipinski definition) is 4. The van der Waals surface area contributed by atoms with E-state index in [9.17, 15) is 5.11 Å². The second kappa shape index (κ2) is 4.42. The molecule has 3 nitrogen and oxygen atoms in total. The smallest absolute Gasteiger partial charge is 0.116 e. The Hall–Kier alpha value is -0.610. The lowest BCUT2D eigenvalue weighted by Gasteiger charge is -2.09. The number of aliphatic hydroxyl groups is 1. The summed E-state index contributed by atoms with van der Waals surface area (Å²) < 4.78 is 0. The van der Waals surface area contributed by atoms with E-state index in [0.29, 0.717) is 6.42 Å². The molecule has 0 aromatic carbocycles. The van der Waals surface area contributed by atoms with E-state index in [4.69, 9.17) is 0 Å². The Morgan fingerprint density at radius 1 is 1.67 bits per heavy atom. The van der Waals surface area contributed by atoms with Gasteiger partial charge in [-0.15, -0.1) is 11.8 Å². The van der Waals surface area contributed by atoms with Crippen LogP contribution in [-0.2, 0) is 0 Å². The zero-order valence-electron chi connectivity index (χ0n) is 7.19. The van der Waals surface area contributed by atoms with Crippen LogP contribution in [0.5, 0.6) is 0 Å². The monoisotopic (exact) mass is 184 g/mol. The number of rotatable bonds is 3. The van der Waals surface area contributed by atoms with Crippen LogP contribution in [0.1, 0.15) is 25.0 Å². The third kappa shape index (κ3) is 1.95. The van der Waals surface area contributed by atoms with Crippen LogP contribution in [-0.4, -0.2) is 21.3 Å². The van der Waals surface area contributed by atoms with Crippen LogP contribution in [0.3, 0.4) is 0 Å². The van der Waals surface area contributed by atoms with Gasteiger partial charge in [0, 0.05) is 11.8 Å². The second-order valence-electron chi connectivity index (χ2n) is 2.41. The molecule has 66 valence electrons. The van der Waals surface area contributed by atoms with Gasteiger partial charge in [0.2, 0.25) is 0 Å². The SMILES string of the molecule is CCC(O)c1cncnc1SC. The lowest BCUT2D eigenvalue weighted by molar-refractivity contribution is 0.169. The number of nitrogens with zero attached hydrogens (tertiary/aromatic N) is 2. The molecule has 4 heteroatoms. The van der Waals surface area contributed by atoms with Crippen molar-refractivity contribution in [3.8, 4) is 0 Å². The molecule has 0 aliphatic rings. The zero-order valence-corrected chi connectivity index (χ0v) is 8.01. The van der Waals surface area contributed by atoms with Crippen LogP contribution in [0.2, 0.25) is 0 Å². The van der Waals surface area contributed by atoms with Crippen molar-refractivity contribution in [3.63, 3.8) is 0 Å². The van der Waals surface area contributed by atoms with E-state index in [-0.39, 0.29) is 0 Å². The van der Waals surface area contributed by atoms with Crippen molar-refractivity contribution in [2.75, 3.05) is 6.26 Å². The predicted molar refractivity (Wildman–Crippen MR) is 49.1 cm³/mol. The number of thioether (sulfide) groups is 1. The molecule has 0 aliphatic carbocycles. The largest absolute Gasteiger partial charge is 0.388 e. The molecule has 1 unspecified atom stereocenters. The normalized spacial score (nSPS) is 12.9. The Labute approximate surface area is 76.2 Å². The van der Waals surface area contributed by atoms with Gasteiger partial charge in [0.1, 0.15) is 11.4 Å². The van der Waals surface area contributed by atoms with E-state index >= 15 is 0 Å². The van der Waals surface area contributed by atoms with Crippen molar-refractivity contribution in [1.29, 1.82) is 0 Å². The fraction of sp³-hybridized carbons (Fsp3) is 0.500. The maximum atomic E-state index is 9.55. The Kier molecular flexibility index (Phi) is 3.49. The minimum atomic E-state index is -0.436. The lowest BCUT2D eigenvalue weighted by atomic mass is 10.1. The van der Waals surface area contributed by atoms with Crippen LogP contribution >= 0.6 is 11.8 Å². The first-order chi connectivity index (χ1) is 5.79. The first kappa shape index (κ1) is 9.48. The van der Waals surface area contributed by atoms with E-state index < -0.39 is 6.10 Å². The van der Waals surface area contributed by atoms with Gasteiger partial charge in [0.15, 0.2) is 0 Å². The van der Waals surface area contributed by atoms with Gasteiger partial charge < -0.3 is 5.11 Å². The maximum Gasteiger partial charge on any atom is 0.116 e. The molecule has 1 aromatic rings. The molecule has 0 saturated carbocycles. The average molecular weight is 184 g/mol. The molecule has 0 spiro atoms. The molecule has 1 N–H and O–H groups in total. The summed E-state index contributed by atoms with van der Waals surface area (Å²) in [7, 11) is 0. The summed E-state index contributed by atoms with van der Waals surface area (Å²) in [5.74, 6) is 0. The van der Waals surface area contributed by atoms with Gasteiger partial charge in [0.25, 0.3) is 0 Å². The molecule has 0 fully saturated rings. The third-order valence-electron chi connectivity index (χ3n) is 1.64. The standard InChI is InChI=1S/C8H12N2OS/c1-3-7(11)6-4-9-5-10-8(6)12-2/h4-5,7,11H,3H2,1-2H3. The van der Waals surface area contributed by atoms with Gasteiger partial charge in [-0.05, 0) is 12.7 Å². The summed E-state index contributed by atoms with van der Waals surface area (Å²) in [6, 6.07) is 0. The fourth-order valence-corrected chi connectivity index (χ4v) is 1.53. The van der Waals surface area contributed by atoms with Crippen molar-refractivity contribution >= 4 is 11.8 Å². The van der Waals surface area contributed by atoms with Gasteiger partial charge in [0.05, 0.1) is 6.10 Å². The van der Waals surface area contributed by atoms with Crippen LogP contribution < -0.4 is 0 Å².